The Hall–Kier alpha value is -0.0800. The lowest BCUT2D eigenvalue weighted by atomic mass is 9.71. The molecule has 2 rings (SSSR count). The summed E-state index contributed by atoms with van der Waals surface area (Å²) >= 11 is 0. The summed E-state index contributed by atoms with van der Waals surface area (Å²) in [4.78, 5) is 0. The molecule has 3 unspecified atom stereocenters. The number of ether oxygens (including phenoxy) is 1. The number of nitrogens with one attached hydrogen (secondary N) is 1. The Morgan fingerprint density at radius 1 is 1.31 bits per heavy atom. The van der Waals surface area contributed by atoms with Crippen molar-refractivity contribution < 1.29 is 4.74 Å². The van der Waals surface area contributed by atoms with Crippen molar-refractivity contribution in [3.63, 3.8) is 0 Å². The van der Waals surface area contributed by atoms with Gasteiger partial charge in [0.25, 0.3) is 0 Å². The van der Waals surface area contributed by atoms with Gasteiger partial charge in [-0.05, 0) is 56.4 Å². The van der Waals surface area contributed by atoms with Crippen LogP contribution in [-0.4, -0.2) is 26.8 Å². The molecule has 0 aliphatic heterocycles. The average molecular weight is 225 g/mol. The molecule has 0 saturated heterocycles. The molecule has 1 N–H and O–H groups in total. The van der Waals surface area contributed by atoms with Gasteiger partial charge >= 0.3 is 0 Å². The van der Waals surface area contributed by atoms with Crippen molar-refractivity contribution >= 4 is 0 Å². The summed E-state index contributed by atoms with van der Waals surface area (Å²) in [6.07, 6.45) is 8.33. The van der Waals surface area contributed by atoms with E-state index in [0.717, 1.165) is 31.5 Å². The fraction of sp³-hybridized carbons (Fsp3) is 1.00. The highest BCUT2D eigenvalue weighted by molar-refractivity contribution is 5.01. The smallest absolute Gasteiger partial charge is 0.0471 e. The van der Waals surface area contributed by atoms with E-state index in [1.807, 2.05) is 0 Å². The lowest BCUT2D eigenvalue weighted by molar-refractivity contribution is 0.0642. The van der Waals surface area contributed by atoms with Crippen molar-refractivity contribution in [1.82, 2.24) is 5.32 Å². The van der Waals surface area contributed by atoms with Crippen molar-refractivity contribution in [2.75, 3.05) is 26.8 Å². The summed E-state index contributed by atoms with van der Waals surface area (Å²) in [6, 6.07) is 0. The van der Waals surface area contributed by atoms with Crippen LogP contribution in [0.5, 0.6) is 0 Å². The number of hydrogen-bond acceptors (Lipinski definition) is 2. The van der Waals surface area contributed by atoms with Gasteiger partial charge in [0.1, 0.15) is 0 Å². The minimum atomic E-state index is 0.575. The van der Waals surface area contributed by atoms with Crippen molar-refractivity contribution in [3.8, 4) is 0 Å². The topological polar surface area (TPSA) is 21.3 Å². The molecule has 0 aromatic rings. The molecule has 0 heterocycles. The molecule has 2 bridgehead atoms. The molecule has 0 aromatic carbocycles. The standard InChI is InChI=1S/C14H27NO/c1-3-7-16-8-6-14(11-15-2)10-12-4-5-13(14)9-12/h12-13,15H,3-11H2,1-2H3. The quantitative estimate of drug-likeness (QED) is 0.673. The second-order valence-electron chi connectivity index (χ2n) is 5.84. The number of rotatable bonds is 7. The summed E-state index contributed by atoms with van der Waals surface area (Å²) in [5.74, 6) is 2.01. The maximum absolute atomic E-state index is 5.70. The first-order chi connectivity index (χ1) is 7.80. The second kappa shape index (κ2) is 5.50. The molecule has 0 spiro atoms. The van der Waals surface area contributed by atoms with E-state index < -0.39 is 0 Å². The SMILES string of the molecule is CCCOCCC1(CNC)CC2CCC1C2. The Morgan fingerprint density at radius 2 is 2.19 bits per heavy atom. The maximum atomic E-state index is 5.70. The van der Waals surface area contributed by atoms with E-state index in [0.29, 0.717) is 5.41 Å². The molecule has 2 aliphatic rings. The molecule has 2 saturated carbocycles. The van der Waals surface area contributed by atoms with Crippen LogP contribution in [0.4, 0.5) is 0 Å². The van der Waals surface area contributed by atoms with Crippen LogP contribution in [-0.2, 0) is 4.74 Å². The van der Waals surface area contributed by atoms with E-state index in [-0.39, 0.29) is 0 Å². The molecule has 2 aliphatic carbocycles. The van der Waals surface area contributed by atoms with Crippen LogP contribution in [0, 0.1) is 17.3 Å². The molecule has 0 amide bonds. The molecule has 3 atom stereocenters. The molecule has 2 nitrogen and oxygen atoms in total. The monoisotopic (exact) mass is 225 g/mol. The van der Waals surface area contributed by atoms with Crippen LogP contribution in [0.15, 0.2) is 0 Å². The summed E-state index contributed by atoms with van der Waals surface area (Å²) in [5, 5.41) is 3.42. The van der Waals surface area contributed by atoms with Crippen molar-refractivity contribution in [3.05, 3.63) is 0 Å². The highest BCUT2D eigenvalue weighted by atomic mass is 16.5. The number of fused-ring (bicyclic) bond motifs is 2. The lowest BCUT2D eigenvalue weighted by Gasteiger charge is -2.38. The minimum absolute atomic E-state index is 0.575. The van der Waals surface area contributed by atoms with E-state index in [1.54, 1.807) is 0 Å². The van der Waals surface area contributed by atoms with E-state index in [4.69, 9.17) is 4.74 Å². The minimum Gasteiger partial charge on any atom is -0.381 e. The van der Waals surface area contributed by atoms with Gasteiger partial charge in [0.05, 0.1) is 0 Å². The summed E-state index contributed by atoms with van der Waals surface area (Å²) in [7, 11) is 2.10. The fourth-order valence-electron chi connectivity index (χ4n) is 4.04. The van der Waals surface area contributed by atoms with E-state index in [9.17, 15) is 0 Å². The fourth-order valence-corrected chi connectivity index (χ4v) is 4.04. The third-order valence-electron chi connectivity index (χ3n) is 4.72. The zero-order valence-electron chi connectivity index (χ0n) is 10.9. The normalized spacial score (nSPS) is 37.1. The molecular weight excluding hydrogens is 198 g/mol. The van der Waals surface area contributed by atoms with Crippen LogP contribution in [0.25, 0.3) is 0 Å². The number of hydrogen-bond donors (Lipinski definition) is 1. The van der Waals surface area contributed by atoms with Crippen LogP contribution in [0.3, 0.4) is 0 Å². The molecule has 2 heteroatoms. The van der Waals surface area contributed by atoms with E-state index in [2.05, 4.69) is 19.3 Å². The van der Waals surface area contributed by atoms with Gasteiger partial charge in [0, 0.05) is 19.8 Å². The Labute approximate surface area is 100 Å². The van der Waals surface area contributed by atoms with Crippen LogP contribution >= 0.6 is 0 Å². The van der Waals surface area contributed by atoms with E-state index >= 15 is 0 Å². The Kier molecular flexibility index (Phi) is 4.26. The van der Waals surface area contributed by atoms with Gasteiger partial charge in [0.15, 0.2) is 0 Å². The van der Waals surface area contributed by atoms with Gasteiger partial charge in [-0.15, -0.1) is 0 Å². The van der Waals surface area contributed by atoms with Gasteiger partial charge < -0.3 is 10.1 Å². The first kappa shape index (κ1) is 12.4. The van der Waals surface area contributed by atoms with Gasteiger partial charge in [-0.1, -0.05) is 13.3 Å². The summed E-state index contributed by atoms with van der Waals surface area (Å²) < 4.78 is 5.70. The first-order valence-electron chi connectivity index (χ1n) is 7.03. The predicted octanol–water partition coefficient (Wildman–Crippen LogP) is 2.83. The third-order valence-corrected chi connectivity index (χ3v) is 4.72. The second-order valence-corrected chi connectivity index (χ2v) is 5.84. The zero-order chi connectivity index (χ0) is 11.4. The van der Waals surface area contributed by atoms with Crippen molar-refractivity contribution in [2.24, 2.45) is 17.3 Å². The molecular formula is C14H27NO. The highest BCUT2D eigenvalue weighted by Crippen LogP contribution is 2.57. The Morgan fingerprint density at radius 3 is 2.75 bits per heavy atom. The Balaban J connectivity index is 1.84. The summed E-state index contributed by atoms with van der Waals surface area (Å²) in [5.41, 5.74) is 0.575. The van der Waals surface area contributed by atoms with Crippen LogP contribution in [0.1, 0.15) is 45.4 Å². The van der Waals surface area contributed by atoms with Crippen molar-refractivity contribution in [1.29, 1.82) is 0 Å². The first-order valence-corrected chi connectivity index (χ1v) is 7.03. The summed E-state index contributed by atoms with van der Waals surface area (Å²) in [6.45, 7) is 5.28. The van der Waals surface area contributed by atoms with E-state index in [1.165, 1.54) is 38.6 Å². The molecule has 94 valence electrons. The third kappa shape index (κ3) is 2.43. The van der Waals surface area contributed by atoms with Gasteiger partial charge in [-0.25, -0.2) is 0 Å². The lowest BCUT2D eigenvalue weighted by Crippen LogP contribution is -2.38. The Bertz CT molecular complexity index is 219. The van der Waals surface area contributed by atoms with Crippen molar-refractivity contribution in [2.45, 2.75) is 45.4 Å². The van der Waals surface area contributed by atoms with Gasteiger partial charge in [-0.3, -0.25) is 0 Å². The molecule has 16 heavy (non-hydrogen) atoms. The molecule has 0 aromatic heterocycles. The molecule has 2 fully saturated rings. The van der Waals surface area contributed by atoms with Crippen LogP contribution < -0.4 is 5.32 Å². The average Bonchev–Trinajstić information content (AvgIpc) is 2.85. The van der Waals surface area contributed by atoms with Gasteiger partial charge in [-0.2, -0.15) is 0 Å². The largest absolute Gasteiger partial charge is 0.381 e. The maximum Gasteiger partial charge on any atom is 0.0471 e. The zero-order valence-corrected chi connectivity index (χ0v) is 10.9. The van der Waals surface area contributed by atoms with Crippen LogP contribution in [0.2, 0.25) is 0 Å². The highest BCUT2D eigenvalue weighted by Gasteiger charge is 2.49. The van der Waals surface area contributed by atoms with Gasteiger partial charge in [0.2, 0.25) is 0 Å². The molecule has 0 radical (unpaired) electrons. The predicted molar refractivity (Wildman–Crippen MR) is 67.5 cm³/mol.